The van der Waals surface area contributed by atoms with Crippen molar-refractivity contribution in [3.8, 4) is 0 Å². The predicted molar refractivity (Wildman–Crippen MR) is 136 cm³/mol. The molecule has 0 aliphatic heterocycles. The van der Waals surface area contributed by atoms with Gasteiger partial charge >= 0.3 is 6.03 Å². The highest BCUT2D eigenvalue weighted by Crippen LogP contribution is 2.14. The third-order valence-electron chi connectivity index (χ3n) is 5.80. The molecule has 0 bridgehead atoms. The first-order valence-corrected chi connectivity index (χ1v) is 11.9. The molecule has 2 aromatic carbocycles. The van der Waals surface area contributed by atoms with Gasteiger partial charge in [0, 0.05) is 45.6 Å². The van der Waals surface area contributed by atoms with Crippen molar-refractivity contribution in [3.05, 3.63) is 95.8 Å². The van der Waals surface area contributed by atoms with Crippen LogP contribution in [0.2, 0.25) is 0 Å². The summed E-state index contributed by atoms with van der Waals surface area (Å²) >= 11 is 0. The van der Waals surface area contributed by atoms with Gasteiger partial charge in [-0.1, -0.05) is 74.0 Å². The van der Waals surface area contributed by atoms with Crippen molar-refractivity contribution in [2.75, 3.05) is 27.2 Å². The maximum absolute atomic E-state index is 13.5. The van der Waals surface area contributed by atoms with Crippen molar-refractivity contribution >= 4 is 11.9 Å². The van der Waals surface area contributed by atoms with E-state index in [0.29, 0.717) is 19.6 Å². The van der Waals surface area contributed by atoms with Crippen LogP contribution in [0.1, 0.15) is 36.6 Å². The molecule has 0 atom stereocenters. The monoisotopic (exact) mass is 460 g/mol. The lowest BCUT2D eigenvalue weighted by molar-refractivity contribution is -0.133. The third kappa shape index (κ3) is 7.24. The van der Waals surface area contributed by atoms with E-state index in [1.54, 1.807) is 19.0 Å². The number of urea groups is 1. The van der Waals surface area contributed by atoms with E-state index >= 15 is 0 Å². The van der Waals surface area contributed by atoms with Crippen molar-refractivity contribution < 1.29 is 9.59 Å². The van der Waals surface area contributed by atoms with Crippen LogP contribution < -0.4 is 0 Å². The number of aromatic nitrogens is 1. The molecule has 0 unspecified atom stereocenters. The zero-order valence-corrected chi connectivity index (χ0v) is 20.6. The Morgan fingerprint density at radius 3 is 2.06 bits per heavy atom. The lowest BCUT2D eigenvalue weighted by Gasteiger charge is -2.30. The lowest BCUT2D eigenvalue weighted by Crippen LogP contribution is -2.46. The summed E-state index contributed by atoms with van der Waals surface area (Å²) in [5.41, 5.74) is 3.34. The second kappa shape index (κ2) is 12.6. The topological polar surface area (TPSA) is 48.8 Å². The molecule has 1 heterocycles. The van der Waals surface area contributed by atoms with E-state index in [0.717, 1.165) is 30.6 Å². The Hall–Kier alpha value is -3.54. The van der Waals surface area contributed by atoms with E-state index < -0.39 is 0 Å². The van der Waals surface area contributed by atoms with Crippen molar-refractivity contribution in [1.82, 2.24) is 19.3 Å². The normalized spacial score (nSPS) is 10.7. The highest BCUT2D eigenvalue weighted by Gasteiger charge is 2.23. The number of unbranched alkanes of at least 4 members (excludes halogenated alkanes) is 1. The molecule has 34 heavy (non-hydrogen) atoms. The van der Waals surface area contributed by atoms with Crippen LogP contribution in [0, 0.1) is 0 Å². The first kappa shape index (κ1) is 25.1. The highest BCUT2D eigenvalue weighted by atomic mass is 16.2. The minimum atomic E-state index is -0.131. The smallest absolute Gasteiger partial charge is 0.319 e. The minimum Gasteiger partial charge on any atom is -0.345 e. The molecule has 3 amide bonds. The second-order valence-corrected chi connectivity index (χ2v) is 8.80. The fraction of sp³-hybridized carbons (Fsp3) is 0.357. The van der Waals surface area contributed by atoms with E-state index in [-0.39, 0.29) is 18.5 Å². The number of carbonyl (C=O) groups excluding carboxylic acids is 2. The van der Waals surface area contributed by atoms with Crippen molar-refractivity contribution in [1.29, 1.82) is 0 Å². The molecule has 0 saturated heterocycles. The van der Waals surface area contributed by atoms with Gasteiger partial charge in [0.15, 0.2) is 0 Å². The first-order chi connectivity index (χ1) is 16.5. The summed E-state index contributed by atoms with van der Waals surface area (Å²) in [6.45, 7) is 4.45. The summed E-state index contributed by atoms with van der Waals surface area (Å²) < 4.78 is 2.18. The fourth-order valence-corrected chi connectivity index (χ4v) is 3.90. The van der Waals surface area contributed by atoms with Gasteiger partial charge in [0.1, 0.15) is 6.54 Å². The molecule has 0 N–H and O–H groups in total. The molecule has 0 aliphatic rings. The Kier molecular flexibility index (Phi) is 9.32. The predicted octanol–water partition coefficient (Wildman–Crippen LogP) is 4.85. The Morgan fingerprint density at radius 1 is 0.794 bits per heavy atom. The molecule has 0 aliphatic carbocycles. The minimum absolute atomic E-state index is 0.0531. The van der Waals surface area contributed by atoms with E-state index in [2.05, 4.69) is 35.9 Å². The van der Waals surface area contributed by atoms with Gasteiger partial charge in [-0.15, -0.1) is 0 Å². The second-order valence-electron chi connectivity index (χ2n) is 8.80. The van der Waals surface area contributed by atoms with Crippen LogP contribution in [0.15, 0.2) is 79.0 Å². The van der Waals surface area contributed by atoms with Crippen LogP contribution in [0.4, 0.5) is 4.79 Å². The summed E-state index contributed by atoms with van der Waals surface area (Å²) in [6, 6.07) is 24.3. The average molecular weight is 461 g/mol. The maximum Gasteiger partial charge on any atom is 0.319 e. The van der Waals surface area contributed by atoms with Crippen LogP contribution in [0.5, 0.6) is 0 Å². The van der Waals surface area contributed by atoms with Crippen LogP contribution in [0.3, 0.4) is 0 Å². The Balaban J connectivity index is 1.80. The van der Waals surface area contributed by atoms with E-state index in [4.69, 9.17) is 0 Å². The third-order valence-corrected chi connectivity index (χ3v) is 5.80. The lowest BCUT2D eigenvalue weighted by atomic mass is 10.2. The summed E-state index contributed by atoms with van der Waals surface area (Å²) in [5.74, 6) is -0.0531. The summed E-state index contributed by atoms with van der Waals surface area (Å²) in [4.78, 5) is 31.3. The number of hydrogen-bond acceptors (Lipinski definition) is 2. The molecule has 6 heteroatoms. The quantitative estimate of drug-likeness (QED) is 0.411. The molecular weight excluding hydrogens is 424 g/mol. The van der Waals surface area contributed by atoms with Gasteiger partial charge in [0.25, 0.3) is 0 Å². The van der Waals surface area contributed by atoms with Gasteiger partial charge in [-0.3, -0.25) is 4.79 Å². The number of benzene rings is 2. The van der Waals surface area contributed by atoms with E-state index in [9.17, 15) is 9.59 Å². The number of nitrogens with zero attached hydrogens (tertiary/aromatic N) is 4. The Morgan fingerprint density at radius 2 is 1.44 bits per heavy atom. The largest absolute Gasteiger partial charge is 0.345 e. The molecule has 6 nitrogen and oxygen atoms in total. The molecule has 1 aromatic heterocycles. The van der Waals surface area contributed by atoms with Crippen molar-refractivity contribution in [2.24, 2.45) is 0 Å². The highest BCUT2D eigenvalue weighted by molar-refractivity contribution is 5.84. The van der Waals surface area contributed by atoms with Crippen LogP contribution in [-0.2, 0) is 24.4 Å². The van der Waals surface area contributed by atoms with Gasteiger partial charge < -0.3 is 19.3 Å². The first-order valence-electron chi connectivity index (χ1n) is 11.9. The zero-order valence-electron chi connectivity index (χ0n) is 20.6. The number of carbonyl (C=O) groups is 2. The fourth-order valence-electron chi connectivity index (χ4n) is 3.90. The maximum atomic E-state index is 13.5. The Bertz CT molecular complexity index is 1030. The van der Waals surface area contributed by atoms with Gasteiger partial charge in [-0.25, -0.2) is 4.79 Å². The SMILES string of the molecule is CCCCN(CC(=O)N(Cc1ccccc1)Cc1cccn1Cc1ccccc1)C(=O)N(C)C. The zero-order chi connectivity index (χ0) is 24.3. The molecule has 0 saturated carbocycles. The van der Waals surface area contributed by atoms with Crippen LogP contribution >= 0.6 is 0 Å². The molecular formula is C28H36N4O2. The molecule has 0 fully saturated rings. The van der Waals surface area contributed by atoms with Crippen LogP contribution in [0.25, 0.3) is 0 Å². The number of amides is 3. The van der Waals surface area contributed by atoms with Gasteiger partial charge in [-0.05, 0) is 29.7 Å². The molecule has 0 radical (unpaired) electrons. The van der Waals surface area contributed by atoms with Gasteiger partial charge in [-0.2, -0.15) is 0 Å². The van der Waals surface area contributed by atoms with E-state index in [1.165, 1.54) is 10.5 Å². The Labute approximate surface area is 203 Å². The van der Waals surface area contributed by atoms with Crippen LogP contribution in [-0.4, -0.2) is 58.4 Å². The number of rotatable bonds is 11. The molecule has 3 aromatic rings. The van der Waals surface area contributed by atoms with E-state index in [1.807, 2.05) is 59.5 Å². The summed E-state index contributed by atoms with van der Waals surface area (Å²) in [6.07, 6.45) is 3.88. The molecule has 0 spiro atoms. The van der Waals surface area contributed by atoms with Gasteiger partial charge in [0.2, 0.25) is 5.91 Å². The standard InChI is InChI=1S/C28H36N4O2/c1-4-5-18-31(28(34)29(2)3)23-27(33)32(21-25-15-10-7-11-16-25)22-26-17-12-19-30(26)20-24-13-8-6-9-14-24/h6-17,19H,4-5,18,20-23H2,1-3H3. The molecule has 180 valence electrons. The average Bonchev–Trinajstić information content (AvgIpc) is 3.28. The summed E-state index contributed by atoms with van der Waals surface area (Å²) in [5, 5.41) is 0. The van der Waals surface area contributed by atoms with Crippen molar-refractivity contribution in [2.45, 2.75) is 39.4 Å². The van der Waals surface area contributed by atoms with Crippen molar-refractivity contribution in [3.63, 3.8) is 0 Å². The van der Waals surface area contributed by atoms with Gasteiger partial charge in [0.05, 0.1) is 6.54 Å². The summed E-state index contributed by atoms with van der Waals surface area (Å²) in [7, 11) is 3.45. The molecule has 3 rings (SSSR count). The number of hydrogen-bond donors (Lipinski definition) is 0.